The average Bonchev–Trinajstić information content (AvgIpc) is 3.22. The normalized spacial score (nSPS) is 11.3. The molecule has 0 aliphatic heterocycles. The molecule has 0 atom stereocenters. The number of hydrogen-bond donors (Lipinski definition) is 0. The van der Waals surface area contributed by atoms with Crippen molar-refractivity contribution in [2.75, 3.05) is 0 Å². The van der Waals surface area contributed by atoms with Gasteiger partial charge in [-0.05, 0) is 150 Å². The fourth-order valence-electron chi connectivity index (χ4n) is 10.2. The van der Waals surface area contributed by atoms with Crippen LogP contribution >= 0.6 is 46.4 Å². The molecule has 0 heterocycles. The molecule has 0 spiro atoms. The summed E-state index contributed by atoms with van der Waals surface area (Å²) in [5, 5.41) is 3.14. The van der Waals surface area contributed by atoms with Crippen LogP contribution in [-0.2, 0) is 0 Å². The molecule has 60 heavy (non-hydrogen) atoms. The van der Waals surface area contributed by atoms with Crippen LogP contribution in [0.3, 0.4) is 0 Å². The van der Waals surface area contributed by atoms with Crippen LogP contribution in [-0.4, -0.2) is 13.4 Å². The first-order valence-corrected chi connectivity index (χ1v) is 22.3. The minimum absolute atomic E-state index is 0.231. The minimum atomic E-state index is -0.258. The molecule has 0 bridgehead atoms. The van der Waals surface area contributed by atoms with Crippen molar-refractivity contribution in [3.8, 4) is 22.3 Å². The van der Waals surface area contributed by atoms with Gasteiger partial charge in [-0.3, -0.25) is 0 Å². The Kier molecular flexibility index (Phi) is 12.7. The van der Waals surface area contributed by atoms with Gasteiger partial charge in [-0.15, -0.1) is 0 Å². The maximum absolute atomic E-state index is 7.33. The quantitative estimate of drug-likeness (QED) is 0.134. The second-order valence-corrected chi connectivity index (χ2v) is 18.6. The molecule has 7 aromatic rings. The van der Waals surface area contributed by atoms with Crippen molar-refractivity contribution in [3.05, 3.63) is 184 Å². The van der Waals surface area contributed by atoms with Crippen LogP contribution in [0.5, 0.6) is 0 Å². The van der Waals surface area contributed by atoms with Gasteiger partial charge in [-0.25, -0.2) is 0 Å². The SMILES string of the molecule is Cc1cc(C)c(B(c2cccc(-c3ccc(-c4ccccc4)cc3)c2B(c2c(C)cc(C)c(Cl)c2C)c2c(C)cc(C)c(Cl)c2C)c2c(C)cc(C)c(Cl)c2C)c(C)c1Cl. The molecule has 0 aromatic heterocycles. The summed E-state index contributed by atoms with van der Waals surface area (Å²) in [5.41, 5.74) is 25.1. The van der Waals surface area contributed by atoms with E-state index in [1.165, 1.54) is 66.2 Å². The van der Waals surface area contributed by atoms with Gasteiger partial charge in [0.25, 0.3) is 0 Å². The van der Waals surface area contributed by atoms with E-state index >= 15 is 0 Å². The number of hydrogen-bond acceptors (Lipinski definition) is 0. The van der Waals surface area contributed by atoms with Crippen molar-refractivity contribution in [1.29, 1.82) is 0 Å². The van der Waals surface area contributed by atoms with Gasteiger partial charge in [0.2, 0.25) is 13.4 Å². The summed E-state index contributed by atoms with van der Waals surface area (Å²) in [7, 11) is 0. The third-order valence-electron chi connectivity index (χ3n) is 12.9. The molecule has 0 nitrogen and oxygen atoms in total. The van der Waals surface area contributed by atoms with E-state index in [2.05, 4.69) is 180 Å². The lowest BCUT2D eigenvalue weighted by molar-refractivity contribution is 1.33. The molecule has 0 saturated carbocycles. The highest BCUT2D eigenvalue weighted by Crippen LogP contribution is 2.30. The summed E-state index contributed by atoms with van der Waals surface area (Å²) in [4.78, 5) is 0. The molecule has 0 aliphatic carbocycles. The lowest BCUT2D eigenvalue weighted by Gasteiger charge is -2.33. The third-order valence-corrected chi connectivity index (χ3v) is 15.3. The lowest BCUT2D eigenvalue weighted by Crippen LogP contribution is -2.67. The van der Waals surface area contributed by atoms with Gasteiger partial charge in [-0.2, -0.15) is 0 Å². The zero-order chi connectivity index (χ0) is 43.5. The Bertz CT molecular complexity index is 2690. The van der Waals surface area contributed by atoms with Crippen molar-refractivity contribution in [1.82, 2.24) is 0 Å². The fourth-order valence-corrected chi connectivity index (χ4v) is 10.9. The molecule has 0 fully saturated rings. The Morgan fingerprint density at radius 2 is 0.633 bits per heavy atom. The second kappa shape index (κ2) is 17.3. The first-order valence-electron chi connectivity index (χ1n) is 20.8. The van der Waals surface area contributed by atoms with Gasteiger partial charge in [0.05, 0.1) is 0 Å². The molecular formula is C54H52B2Cl4. The summed E-state index contributed by atoms with van der Waals surface area (Å²) in [6, 6.07) is 35.4. The van der Waals surface area contributed by atoms with Gasteiger partial charge >= 0.3 is 0 Å². The van der Waals surface area contributed by atoms with E-state index in [0.717, 1.165) is 75.7 Å². The van der Waals surface area contributed by atoms with Gasteiger partial charge < -0.3 is 0 Å². The molecule has 0 aliphatic rings. The minimum Gasteiger partial charge on any atom is -0.0838 e. The maximum Gasteiger partial charge on any atom is 0.242 e. The molecule has 0 saturated heterocycles. The van der Waals surface area contributed by atoms with Crippen molar-refractivity contribution in [2.45, 2.75) is 83.1 Å². The largest absolute Gasteiger partial charge is 0.242 e. The van der Waals surface area contributed by atoms with E-state index in [0.29, 0.717) is 0 Å². The highest BCUT2D eigenvalue weighted by atomic mass is 35.5. The second-order valence-electron chi connectivity index (χ2n) is 17.1. The zero-order valence-corrected chi connectivity index (χ0v) is 39.9. The van der Waals surface area contributed by atoms with Crippen molar-refractivity contribution >= 4 is 92.6 Å². The van der Waals surface area contributed by atoms with Crippen LogP contribution in [0, 0.1) is 83.1 Å². The van der Waals surface area contributed by atoms with Gasteiger partial charge in [0.15, 0.2) is 0 Å². The summed E-state index contributed by atoms with van der Waals surface area (Å²) < 4.78 is 0. The van der Waals surface area contributed by atoms with Crippen LogP contribution in [0.4, 0.5) is 0 Å². The van der Waals surface area contributed by atoms with Crippen LogP contribution in [0.2, 0.25) is 20.1 Å². The topological polar surface area (TPSA) is 0 Å². The summed E-state index contributed by atoms with van der Waals surface area (Å²) in [6.45, 7) is 25.5. The molecule has 0 amide bonds. The molecule has 6 heteroatoms. The lowest BCUT2D eigenvalue weighted by atomic mass is 9.26. The van der Waals surface area contributed by atoms with Crippen molar-refractivity contribution in [2.24, 2.45) is 0 Å². The smallest absolute Gasteiger partial charge is 0.0838 e. The number of halogens is 4. The van der Waals surface area contributed by atoms with Gasteiger partial charge in [0.1, 0.15) is 0 Å². The zero-order valence-electron chi connectivity index (χ0n) is 36.9. The Balaban J connectivity index is 1.73. The molecule has 7 aromatic carbocycles. The van der Waals surface area contributed by atoms with E-state index in [1.54, 1.807) is 0 Å². The first-order chi connectivity index (χ1) is 28.4. The van der Waals surface area contributed by atoms with Crippen LogP contribution < -0.4 is 32.8 Å². The predicted molar refractivity (Wildman–Crippen MR) is 269 cm³/mol. The molecule has 302 valence electrons. The molecule has 0 N–H and O–H groups in total. The Morgan fingerprint density at radius 1 is 0.300 bits per heavy atom. The highest BCUT2D eigenvalue weighted by Gasteiger charge is 2.39. The number of benzene rings is 7. The molecule has 7 rings (SSSR count). The summed E-state index contributed by atoms with van der Waals surface area (Å²) in [6.07, 6.45) is 0. The fraction of sp³-hybridized carbons (Fsp3) is 0.222. The van der Waals surface area contributed by atoms with E-state index in [1.807, 2.05) is 0 Å². The van der Waals surface area contributed by atoms with Gasteiger partial charge in [-0.1, -0.05) is 198 Å². The molecular weight excluding hydrogens is 812 g/mol. The van der Waals surface area contributed by atoms with Crippen molar-refractivity contribution < 1.29 is 0 Å². The standard InChI is InChI=1S/C54H52B2Cl4/c1-29-25-33(5)51(57)37(9)46(29)55(47-30(2)26-34(6)52(58)38(47)10)45-20-16-19-44(43-23-21-42(22-24-43)41-17-14-13-15-18-41)50(45)56(48-31(3)27-35(7)53(59)39(48)11)49-32(4)28-36(8)54(60)40(49)12/h13-28H,1-12H3. The Hall–Kier alpha value is -4.17. The van der Waals surface area contributed by atoms with Crippen LogP contribution in [0.1, 0.15) is 66.8 Å². The van der Waals surface area contributed by atoms with E-state index in [4.69, 9.17) is 46.4 Å². The van der Waals surface area contributed by atoms with E-state index in [-0.39, 0.29) is 13.4 Å². The summed E-state index contributed by atoms with van der Waals surface area (Å²) >= 11 is 29.2. The highest BCUT2D eigenvalue weighted by molar-refractivity contribution is 7.05. The molecule has 0 radical (unpaired) electrons. The van der Waals surface area contributed by atoms with Crippen molar-refractivity contribution in [3.63, 3.8) is 0 Å². The Labute approximate surface area is 379 Å². The van der Waals surface area contributed by atoms with Gasteiger partial charge in [0, 0.05) is 20.1 Å². The number of rotatable bonds is 8. The molecule has 0 unspecified atom stereocenters. The maximum atomic E-state index is 7.33. The van der Waals surface area contributed by atoms with Crippen LogP contribution in [0.25, 0.3) is 22.3 Å². The third kappa shape index (κ3) is 7.68. The number of aryl methyl sites for hydroxylation is 8. The van der Waals surface area contributed by atoms with Crippen LogP contribution in [0.15, 0.2) is 97.1 Å². The monoisotopic (exact) mass is 862 g/mol. The van der Waals surface area contributed by atoms with E-state index in [9.17, 15) is 0 Å². The van der Waals surface area contributed by atoms with E-state index < -0.39 is 0 Å². The predicted octanol–water partition coefficient (Wildman–Crippen LogP) is 12.4. The summed E-state index contributed by atoms with van der Waals surface area (Å²) in [5.74, 6) is 0. The average molecular weight is 864 g/mol. The Morgan fingerprint density at radius 3 is 1.02 bits per heavy atom. The first kappa shape index (κ1) is 43.9.